The predicted molar refractivity (Wildman–Crippen MR) is 90.2 cm³/mol. The first-order chi connectivity index (χ1) is 11.5. The summed E-state index contributed by atoms with van der Waals surface area (Å²) in [6, 6.07) is 3.56. The Morgan fingerprint density at radius 3 is 2.46 bits per heavy atom. The molecule has 24 heavy (non-hydrogen) atoms. The first kappa shape index (κ1) is 18.1. The van der Waals surface area contributed by atoms with Crippen molar-refractivity contribution in [2.45, 2.75) is 17.7 Å². The lowest BCUT2D eigenvalue weighted by atomic mass is 9.97. The molecular formula is C16H22ClFN2O3S. The van der Waals surface area contributed by atoms with E-state index in [-0.39, 0.29) is 9.92 Å². The number of hydrogen-bond acceptors (Lipinski definition) is 4. The average Bonchev–Trinajstić information content (AvgIpc) is 2.58. The van der Waals surface area contributed by atoms with Gasteiger partial charge in [-0.1, -0.05) is 11.6 Å². The molecule has 2 heterocycles. The third-order valence-electron chi connectivity index (χ3n) is 4.72. The van der Waals surface area contributed by atoms with Crippen molar-refractivity contribution in [1.29, 1.82) is 0 Å². The number of benzene rings is 1. The maximum Gasteiger partial charge on any atom is 0.243 e. The van der Waals surface area contributed by atoms with Gasteiger partial charge in [-0.15, -0.1) is 0 Å². The normalized spacial score (nSPS) is 21.9. The minimum absolute atomic E-state index is 0.0560. The highest BCUT2D eigenvalue weighted by atomic mass is 35.5. The van der Waals surface area contributed by atoms with Gasteiger partial charge in [-0.3, -0.25) is 4.90 Å². The molecule has 0 radical (unpaired) electrons. The Morgan fingerprint density at radius 2 is 1.83 bits per heavy atom. The lowest BCUT2D eigenvalue weighted by Crippen LogP contribution is -2.44. The van der Waals surface area contributed by atoms with E-state index in [0.29, 0.717) is 19.0 Å². The molecule has 0 amide bonds. The number of piperidine rings is 1. The molecule has 2 aliphatic rings. The van der Waals surface area contributed by atoms with Gasteiger partial charge in [0.05, 0.1) is 23.1 Å². The van der Waals surface area contributed by atoms with Crippen LogP contribution in [0.2, 0.25) is 5.02 Å². The van der Waals surface area contributed by atoms with Gasteiger partial charge in [-0.05, 0) is 37.0 Å². The number of hydrogen-bond donors (Lipinski definition) is 0. The van der Waals surface area contributed by atoms with Crippen molar-refractivity contribution in [1.82, 2.24) is 9.21 Å². The number of rotatable bonds is 4. The number of ether oxygens (including phenoxy) is 1. The summed E-state index contributed by atoms with van der Waals surface area (Å²) >= 11 is 5.72. The van der Waals surface area contributed by atoms with Crippen molar-refractivity contribution in [2.75, 3.05) is 45.9 Å². The van der Waals surface area contributed by atoms with Gasteiger partial charge in [-0.2, -0.15) is 4.31 Å². The van der Waals surface area contributed by atoms with Crippen LogP contribution in [0.15, 0.2) is 23.1 Å². The second-order valence-electron chi connectivity index (χ2n) is 6.34. The second-order valence-corrected chi connectivity index (χ2v) is 8.68. The Hall–Kier alpha value is -0.730. The third kappa shape index (κ3) is 4.08. The van der Waals surface area contributed by atoms with E-state index in [9.17, 15) is 12.8 Å². The molecule has 134 valence electrons. The molecule has 0 aliphatic carbocycles. The fraction of sp³-hybridized carbons (Fsp3) is 0.625. The quantitative estimate of drug-likeness (QED) is 0.808. The highest BCUT2D eigenvalue weighted by molar-refractivity contribution is 7.89. The lowest BCUT2D eigenvalue weighted by Gasteiger charge is -2.35. The molecule has 3 rings (SSSR count). The molecule has 1 aromatic rings. The van der Waals surface area contributed by atoms with Crippen LogP contribution in [0, 0.1) is 11.7 Å². The Kier molecular flexibility index (Phi) is 5.77. The predicted octanol–water partition coefficient (Wildman–Crippen LogP) is 2.21. The molecular weight excluding hydrogens is 355 g/mol. The van der Waals surface area contributed by atoms with Crippen LogP contribution in [0.5, 0.6) is 0 Å². The smallest absolute Gasteiger partial charge is 0.243 e. The SMILES string of the molecule is O=S(=O)(c1ccc(F)c(Cl)c1)N1CCC(CN2CCOCC2)CC1. The lowest BCUT2D eigenvalue weighted by molar-refractivity contribution is 0.0269. The Morgan fingerprint density at radius 1 is 1.17 bits per heavy atom. The maximum absolute atomic E-state index is 13.2. The highest BCUT2D eigenvalue weighted by Gasteiger charge is 2.30. The van der Waals surface area contributed by atoms with Gasteiger partial charge in [0, 0.05) is 32.7 Å². The van der Waals surface area contributed by atoms with E-state index in [1.165, 1.54) is 16.4 Å². The average molecular weight is 377 g/mol. The molecule has 0 aromatic heterocycles. The Balaban J connectivity index is 1.59. The number of nitrogens with zero attached hydrogens (tertiary/aromatic N) is 2. The van der Waals surface area contributed by atoms with Crippen LogP contribution < -0.4 is 0 Å². The van der Waals surface area contributed by atoms with Crippen LogP contribution >= 0.6 is 11.6 Å². The molecule has 2 saturated heterocycles. The van der Waals surface area contributed by atoms with Crippen LogP contribution in [0.4, 0.5) is 4.39 Å². The zero-order valence-electron chi connectivity index (χ0n) is 13.5. The van der Waals surface area contributed by atoms with Crippen LogP contribution in [-0.2, 0) is 14.8 Å². The molecule has 0 spiro atoms. The van der Waals surface area contributed by atoms with Gasteiger partial charge in [0.15, 0.2) is 0 Å². The van der Waals surface area contributed by atoms with Crippen molar-refractivity contribution in [3.8, 4) is 0 Å². The molecule has 2 fully saturated rings. The van der Waals surface area contributed by atoms with E-state index < -0.39 is 15.8 Å². The zero-order chi connectivity index (χ0) is 17.2. The molecule has 0 atom stereocenters. The van der Waals surface area contributed by atoms with Crippen molar-refractivity contribution in [2.24, 2.45) is 5.92 Å². The van der Waals surface area contributed by atoms with E-state index in [1.54, 1.807) is 0 Å². The zero-order valence-corrected chi connectivity index (χ0v) is 15.0. The summed E-state index contributed by atoms with van der Waals surface area (Å²) in [7, 11) is -3.61. The van der Waals surface area contributed by atoms with Gasteiger partial charge < -0.3 is 4.74 Å². The molecule has 0 unspecified atom stereocenters. The van der Waals surface area contributed by atoms with Gasteiger partial charge in [0.25, 0.3) is 0 Å². The van der Waals surface area contributed by atoms with Crippen LogP contribution in [-0.4, -0.2) is 63.6 Å². The van der Waals surface area contributed by atoms with Crippen LogP contribution in [0.25, 0.3) is 0 Å². The van der Waals surface area contributed by atoms with Crippen molar-refractivity contribution < 1.29 is 17.5 Å². The van der Waals surface area contributed by atoms with E-state index in [1.807, 2.05) is 0 Å². The topological polar surface area (TPSA) is 49.9 Å². The summed E-state index contributed by atoms with van der Waals surface area (Å²) in [6.07, 6.45) is 1.68. The van der Waals surface area contributed by atoms with Gasteiger partial charge in [0.2, 0.25) is 10.0 Å². The number of morpholine rings is 1. The molecule has 5 nitrogen and oxygen atoms in total. The van der Waals surface area contributed by atoms with E-state index in [2.05, 4.69) is 4.90 Å². The van der Waals surface area contributed by atoms with Crippen LogP contribution in [0.3, 0.4) is 0 Å². The standard InChI is InChI=1S/C16H22ClFN2O3S/c17-15-11-14(1-2-16(15)18)24(21,22)20-5-3-13(4-6-20)12-19-7-9-23-10-8-19/h1-2,11,13H,3-10,12H2. The third-order valence-corrected chi connectivity index (χ3v) is 6.91. The number of sulfonamides is 1. The molecule has 0 N–H and O–H groups in total. The van der Waals surface area contributed by atoms with Crippen LogP contribution in [0.1, 0.15) is 12.8 Å². The summed E-state index contributed by atoms with van der Waals surface area (Å²) in [5, 5.41) is -0.168. The fourth-order valence-electron chi connectivity index (χ4n) is 3.27. The van der Waals surface area contributed by atoms with E-state index in [0.717, 1.165) is 51.8 Å². The Labute approximate surface area is 147 Å². The molecule has 0 bridgehead atoms. The van der Waals surface area contributed by atoms with Gasteiger partial charge in [-0.25, -0.2) is 12.8 Å². The van der Waals surface area contributed by atoms with Gasteiger partial charge in [0.1, 0.15) is 5.82 Å². The van der Waals surface area contributed by atoms with Crippen molar-refractivity contribution in [3.05, 3.63) is 29.0 Å². The number of halogens is 2. The highest BCUT2D eigenvalue weighted by Crippen LogP contribution is 2.27. The second kappa shape index (κ2) is 7.66. The minimum atomic E-state index is -3.61. The molecule has 2 aliphatic heterocycles. The summed E-state index contributed by atoms with van der Waals surface area (Å²) in [6.45, 7) is 5.44. The fourth-order valence-corrected chi connectivity index (χ4v) is 5.01. The summed E-state index contributed by atoms with van der Waals surface area (Å²) in [5.74, 6) is -0.105. The minimum Gasteiger partial charge on any atom is -0.379 e. The first-order valence-electron chi connectivity index (χ1n) is 8.22. The summed E-state index contributed by atoms with van der Waals surface area (Å²) in [5.41, 5.74) is 0. The molecule has 1 aromatic carbocycles. The summed E-state index contributed by atoms with van der Waals surface area (Å²) in [4.78, 5) is 2.44. The largest absolute Gasteiger partial charge is 0.379 e. The maximum atomic E-state index is 13.2. The van der Waals surface area contributed by atoms with Crippen molar-refractivity contribution >= 4 is 21.6 Å². The van der Waals surface area contributed by atoms with Gasteiger partial charge >= 0.3 is 0 Å². The van der Waals surface area contributed by atoms with Crippen molar-refractivity contribution in [3.63, 3.8) is 0 Å². The Bertz CT molecular complexity index is 672. The monoisotopic (exact) mass is 376 g/mol. The van der Waals surface area contributed by atoms with E-state index >= 15 is 0 Å². The molecule has 0 saturated carbocycles. The van der Waals surface area contributed by atoms with E-state index in [4.69, 9.17) is 16.3 Å². The summed E-state index contributed by atoms with van der Waals surface area (Å²) < 4.78 is 45.4. The molecule has 8 heteroatoms. The first-order valence-corrected chi connectivity index (χ1v) is 10.0.